The molecule has 0 aliphatic carbocycles. The molecule has 2 aromatic heterocycles. The maximum atomic E-state index is 12.1. The molecule has 2 aromatic carbocycles. The van der Waals surface area contributed by atoms with Crippen LogP contribution in [0.15, 0.2) is 71.9 Å². The van der Waals surface area contributed by atoms with E-state index in [4.69, 9.17) is 0 Å². The van der Waals surface area contributed by atoms with Crippen LogP contribution in [-0.2, 0) is 0 Å². The Morgan fingerprint density at radius 2 is 1.83 bits per heavy atom. The van der Waals surface area contributed by atoms with Crippen molar-refractivity contribution in [3.8, 4) is 22.4 Å². The van der Waals surface area contributed by atoms with Crippen molar-refractivity contribution in [3.05, 3.63) is 83.0 Å². The Hall–Kier alpha value is -3.27. The molecule has 4 nitrogen and oxygen atoms in total. The largest absolute Gasteiger partial charge is 0.313 e. The second-order valence-corrected chi connectivity index (χ2v) is 5.73. The van der Waals surface area contributed by atoms with Gasteiger partial charge in [-0.25, -0.2) is 4.98 Å². The van der Waals surface area contributed by atoms with Gasteiger partial charge in [0.05, 0.1) is 22.9 Å². The van der Waals surface area contributed by atoms with Crippen molar-refractivity contribution in [3.63, 3.8) is 0 Å². The molecule has 0 saturated carbocycles. The second-order valence-electron chi connectivity index (χ2n) is 5.73. The Morgan fingerprint density at radius 3 is 2.71 bits per heavy atom. The number of fused-ring (bicyclic) bond motifs is 1. The molecular formula is C20H15N3O. The van der Waals surface area contributed by atoms with Crippen molar-refractivity contribution in [2.45, 2.75) is 6.92 Å². The fourth-order valence-corrected chi connectivity index (χ4v) is 2.90. The van der Waals surface area contributed by atoms with Gasteiger partial charge in [0.1, 0.15) is 0 Å². The average molecular weight is 313 g/mol. The van der Waals surface area contributed by atoms with Crippen LogP contribution in [0, 0.1) is 6.92 Å². The van der Waals surface area contributed by atoms with Gasteiger partial charge in [0, 0.05) is 17.3 Å². The molecule has 0 aliphatic heterocycles. The summed E-state index contributed by atoms with van der Waals surface area (Å²) in [5.74, 6) is 0. The molecule has 0 fully saturated rings. The summed E-state index contributed by atoms with van der Waals surface area (Å²) in [6.07, 6.45) is 3.21. The summed E-state index contributed by atoms with van der Waals surface area (Å²) >= 11 is 0. The van der Waals surface area contributed by atoms with E-state index in [1.807, 2.05) is 42.5 Å². The summed E-state index contributed by atoms with van der Waals surface area (Å²) in [7, 11) is 0. The number of benzene rings is 2. The third-order valence-electron chi connectivity index (χ3n) is 4.05. The van der Waals surface area contributed by atoms with Crippen molar-refractivity contribution in [2.24, 2.45) is 0 Å². The van der Waals surface area contributed by atoms with Crippen molar-refractivity contribution in [1.82, 2.24) is 15.0 Å². The first kappa shape index (κ1) is 14.3. The number of pyridine rings is 1. The number of aromatic amines is 1. The van der Waals surface area contributed by atoms with Crippen LogP contribution >= 0.6 is 0 Å². The van der Waals surface area contributed by atoms with Gasteiger partial charge in [-0.15, -0.1) is 0 Å². The number of aromatic nitrogens is 3. The van der Waals surface area contributed by atoms with Gasteiger partial charge in [-0.2, -0.15) is 0 Å². The summed E-state index contributed by atoms with van der Waals surface area (Å²) in [4.78, 5) is 23.4. The third-order valence-corrected chi connectivity index (χ3v) is 4.05. The highest BCUT2D eigenvalue weighted by atomic mass is 16.1. The lowest BCUT2D eigenvalue weighted by molar-refractivity contribution is 1.17. The van der Waals surface area contributed by atoms with E-state index in [0.717, 1.165) is 22.4 Å². The molecule has 116 valence electrons. The van der Waals surface area contributed by atoms with Gasteiger partial charge >= 0.3 is 0 Å². The maximum Gasteiger partial charge on any atom is 0.258 e. The number of rotatable bonds is 2. The predicted molar refractivity (Wildman–Crippen MR) is 95.8 cm³/mol. The third kappa shape index (κ3) is 2.48. The van der Waals surface area contributed by atoms with Gasteiger partial charge in [0.15, 0.2) is 0 Å². The quantitative estimate of drug-likeness (QED) is 0.609. The Balaban J connectivity index is 1.95. The Morgan fingerprint density at radius 1 is 0.917 bits per heavy atom. The topological polar surface area (TPSA) is 58.6 Å². The van der Waals surface area contributed by atoms with Gasteiger partial charge in [-0.3, -0.25) is 9.78 Å². The fourth-order valence-electron chi connectivity index (χ4n) is 2.90. The lowest BCUT2D eigenvalue weighted by Crippen LogP contribution is -2.06. The highest BCUT2D eigenvalue weighted by Gasteiger charge is 2.10. The number of hydrogen-bond donors (Lipinski definition) is 1. The van der Waals surface area contributed by atoms with E-state index in [1.54, 1.807) is 6.20 Å². The molecule has 4 aromatic rings. The highest BCUT2D eigenvalue weighted by Crippen LogP contribution is 2.31. The zero-order chi connectivity index (χ0) is 16.5. The smallest absolute Gasteiger partial charge is 0.258 e. The van der Waals surface area contributed by atoms with Crippen LogP contribution in [0.5, 0.6) is 0 Å². The van der Waals surface area contributed by atoms with Crippen molar-refractivity contribution in [1.29, 1.82) is 0 Å². The lowest BCUT2D eigenvalue weighted by Gasteiger charge is -2.10. The van der Waals surface area contributed by atoms with Crippen molar-refractivity contribution < 1.29 is 0 Å². The van der Waals surface area contributed by atoms with Gasteiger partial charge in [-0.1, -0.05) is 35.9 Å². The number of H-pyrrole nitrogens is 1. The molecule has 0 spiro atoms. The zero-order valence-corrected chi connectivity index (χ0v) is 13.2. The van der Waals surface area contributed by atoms with E-state index in [1.165, 1.54) is 11.9 Å². The van der Waals surface area contributed by atoms with E-state index in [0.29, 0.717) is 10.9 Å². The van der Waals surface area contributed by atoms with Crippen LogP contribution in [-0.4, -0.2) is 15.0 Å². The molecule has 24 heavy (non-hydrogen) atoms. The van der Waals surface area contributed by atoms with Crippen molar-refractivity contribution in [2.75, 3.05) is 0 Å². The molecular weight excluding hydrogens is 298 g/mol. The molecule has 0 unspecified atom stereocenters. The van der Waals surface area contributed by atoms with E-state index >= 15 is 0 Å². The summed E-state index contributed by atoms with van der Waals surface area (Å²) in [5, 5.41) is 0.578. The van der Waals surface area contributed by atoms with Crippen LogP contribution < -0.4 is 5.56 Å². The Kier molecular flexibility index (Phi) is 3.43. The van der Waals surface area contributed by atoms with Crippen LogP contribution in [0.2, 0.25) is 0 Å². The van der Waals surface area contributed by atoms with E-state index in [2.05, 4.69) is 34.0 Å². The monoisotopic (exact) mass is 313 g/mol. The SMILES string of the molecule is Cc1cccc(-c2ncccc2-c2ccc3nc[nH]c(=O)c3c2)c1. The number of hydrogen-bond acceptors (Lipinski definition) is 3. The molecule has 0 radical (unpaired) electrons. The second kappa shape index (κ2) is 5.74. The van der Waals surface area contributed by atoms with E-state index < -0.39 is 0 Å². The van der Waals surface area contributed by atoms with Gasteiger partial charge < -0.3 is 4.98 Å². The summed E-state index contributed by atoms with van der Waals surface area (Å²) in [6.45, 7) is 2.06. The molecule has 0 atom stereocenters. The standard InChI is InChI=1S/C20H15N3O/c1-13-4-2-5-15(10-13)19-16(6-3-9-21-19)14-7-8-18-17(11-14)20(24)23-12-22-18/h2-12H,1H3,(H,22,23,24). The first-order valence-corrected chi connectivity index (χ1v) is 7.72. The van der Waals surface area contributed by atoms with Gasteiger partial charge in [-0.05, 0) is 36.8 Å². The minimum absolute atomic E-state index is 0.136. The molecule has 4 heteroatoms. The summed E-state index contributed by atoms with van der Waals surface area (Å²) in [6, 6.07) is 17.9. The van der Waals surface area contributed by atoms with E-state index in [9.17, 15) is 4.79 Å². The fraction of sp³-hybridized carbons (Fsp3) is 0.0500. The van der Waals surface area contributed by atoms with Crippen LogP contribution in [0.25, 0.3) is 33.3 Å². The Labute approximate surface area is 138 Å². The van der Waals surface area contributed by atoms with Crippen molar-refractivity contribution >= 4 is 10.9 Å². The molecule has 1 N–H and O–H groups in total. The normalized spacial score (nSPS) is 10.9. The predicted octanol–water partition coefficient (Wildman–Crippen LogP) is 3.96. The highest BCUT2D eigenvalue weighted by molar-refractivity contribution is 5.88. The van der Waals surface area contributed by atoms with Crippen LogP contribution in [0.3, 0.4) is 0 Å². The maximum absolute atomic E-state index is 12.1. The molecule has 2 heterocycles. The summed E-state index contributed by atoms with van der Waals surface area (Å²) in [5.41, 5.74) is 5.64. The molecule has 0 bridgehead atoms. The minimum atomic E-state index is -0.136. The molecule has 0 saturated heterocycles. The van der Waals surface area contributed by atoms with Gasteiger partial charge in [0.25, 0.3) is 5.56 Å². The first-order chi connectivity index (χ1) is 11.7. The zero-order valence-electron chi connectivity index (χ0n) is 13.2. The number of nitrogens with one attached hydrogen (secondary N) is 1. The number of aryl methyl sites for hydroxylation is 1. The molecule has 0 aliphatic rings. The minimum Gasteiger partial charge on any atom is -0.313 e. The molecule has 0 amide bonds. The Bertz CT molecular complexity index is 1100. The van der Waals surface area contributed by atoms with Crippen LogP contribution in [0.1, 0.15) is 5.56 Å². The van der Waals surface area contributed by atoms with Crippen LogP contribution in [0.4, 0.5) is 0 Å². The molecule has 4 rings (SSSR count). The lowest BCUT2D eigenvalue weighted by atomic mass is 9.97. The summed E-state index contributed by atoms with van der Waals surface area (Å²) < 4.78 is 0. The van der Waals surface area contributed by atoms with E-state index in [-0.39, 0.29) is 5.56 Å². The first-order valence-electron chi connectivity index (χ1n) is 7.72. The van der Waals surface area contributed by atoms with Gasteiger partial charge in [0.2, 0.25) is 0 Å². The average Bonchev–Trinajstić information content (AvgIpc) is 2.62. The number of nitrogens with zero attached hydrogens (tertiary/aromatic N) is 2.